The van der Waals surface area contributed by atoms with Crippen LogP contribution in [0.3, 0.4) is 0 Å². The first kappa shape index (κ1) is 29.7. The number of nitro benzene ring substituents is 1. The lowest BCUT2D eigenvalue weighted by molar-refractivity contribution is -0.385. The highest BCUT2D eigenvalue weighted by Gasteiger charge is 2.13. The minimum absolute atomic E-state index is 0.0735. The van der Waals surface area contributed by atoms with E-state index in [0.29, 0.717) is 22.3 Å². The first-order chi connectivity index (χ1) is 22.1. The Morgan fingerprint density at radius 1 is 0.489 bits per heavy atom. The van der Waals surface area contributed by atoms with E-state index in [9.17, 15) is 10.1 Å². The quantitative estimate of drug-likeness (QED) is 0.123. The summed E-state index contributed by atoms with van der Waals surface area (Å²) in [7, 11) is 0. The highest BCUT2D eigenvalue weighted by molar-refractivity contribution is 5.75. The Morgan fingerprint density at radius 3 is 1.20 bits per heavy atom. The van der Waals surface area contributed by atoms with E-state index in [-0.39, 0.29) is 5.69 Å². The molecule has 0 heterocycles. The molecule has 0 saturated carbocycles. The van der Waals surface area contributed by atoms with Crippen LogP contribution in [0.25, 0.3) is 12.2 Å². The van der Waals surface area contributed by atoms with Crippen molar-refractivity contribution in [3.05, 3.63) is 194 Å². The van der Waals surface area contributed by atoms with Crippen LogP contribution in [0.1, 0.15) is 33.4 Å². The SMILES string of the molecule is O=[N+]([O-])c1cc(C=C(C#Cc2ccccc2)C#Cc2ccccc2)ccc1C=C(C#Cc1ccccc1)C#Cc1ccccc1. The van der Waals surface area contributed by atoms with Crippen molar-refractivity contribution in [1.29, 1.82) is 0 Å². The van der Waals surface area contributed by atoms with Crippen LogP contribution in [0.2, 0.25) is 0 Å². The number of hydrogen-bond donors (Lipinski definition) is 0. The summed E-state index contributed by atoms with van der Waals surface area (Å²) < 4.78 is 0. The van der Waals surface area contributed by atoms with Crippen molar-refractivity contribution in [3.8, 4) is 47.4 Å². The van der Waals surface area contributed by atoms with Crippen LogP contribution < -0.4 is 0 Å². The van der Waals surface area contributed by atoms with Gasteiger partial charge in [-0.1, -0.05) is 126 Å². The summed E-state index contributed by atoms with van der Waals surface area (Å²) >= 11 is 0. The molecule has 0 saturated heterocycles. The van der Waals surface area contributed by atoms with E-state index in [4.69, 9.17) is 0 Å². The Labute approximate surface area is 263 Å². The van der Waals surface area contributed by atoms with Gasteiger partial charge in [-0.15, -0.1) is 0 Å². The van der Waals surface area contributed by atoms with Gasteiger partial charge in [-0.25, -0.2) is 0 Å². The number of allylic oxidation sites excluding steroid dienone is 2. The molecule has 0 bridgehead atoms. The van der Waals surface area contributed by atoms with E-state index in [1.807, 2.05) is 121 Å². The highest BCUT2D eigenvalue weighted by atomic mass is 16.6. The molecule has 0 N–H and O–H groups in total. The molecule has 0 aromatic heterocycles. The lowest BCUT2D eigenvalue weighted by atomic mass is 10.0. The molecule has 210 valence electrons. The molecule has 0 aliphatic rings. The average Bonchev–Trinajstić information content (AvgIpc) is 3.09. The Kier molecular flexibility index (Phi) is 10.2. The molecule has 0 spiro atoms. The Balaban J connectivity index is 1.55. The summed E-state index contributed by atoms with van der Waals surface area (Å²) in [5.74, 6) is 25.0. The fourth-order valence-corrected chi connectivity index (χ4v) is 4.10. The van der Waals surface area contributed by atoms with Crippen molar-refractivity contribution < 1.29 is 4.92 Å². The fourth-order valence-electron chi connectivity index (χ4n) is 4.10. The second-order valence-corrected chi connectivity index (χ2v) is 9.66. The van der Waals surface area contributed by atoms with Gasteiger partial charge in [0.1, 0.15) is 0 Å². The summed E-state index contributed by atoms with van der Waals surface area (Å²) in [5.41, 5.74) is 5.24. The standard InChI is InChI=1S/C42H25NO2/c44-43(45)42-33-40(31-38(25-21-34-13-5-1-6-14-34)26-22-35-15-7-2-8-16-35)29-30-41(42)32-39(27-23-36-17-9-3-10-18-36)28-24-37-19-11-4-12-20-37/h1-20,29-33H. The monoisotopic (exact) mass is 575 g/mol. The molecule has 5 aromatic carbocycles. The molecule has 0 aliphatic heterocycles. The lowest BCUT2D eigenvalue weighted by Crippen LogP contribution is -1.93. The number of rotatable bonds is 3. The molecule has 0 radical (unpaired) electrons. The first-order valence-electron chi connectivity index (χ1n) is 14.1. The average molecular weight is 576 g/mol. The predicted molar refractivity (Wildman–Crippen MR) is 182 cm³/mol. The van der Waals surface area contributed by atoms with Crippen LogP contribution in [0.4, 0.5) is 5.69 Å². The molecule has 45 heavy (non-hydrogen) atoms. The van der Waals surface area contributed by atoms with E-state index in [0.717, 1.165) is 22.3 Å². The molecule has 0 fully saturated rings. The van der Waals surface area contributed by atoms with Gasteiger partial charge >= 0.3 is 0 Å². The summed E-state index contributed by atoms with van der Waals surface area (Å²) in [4.78, 5) is 11.8. The third kappa shape index (κ3) is 9.36. The molecular weight excluding hydrogens is 550 g/mol. The first-order valence-corrected chi connectivity index (χ1v) is 14.1. The predicted octanol–water partition coefficient (Wildman–Crippen LogP) is 8.57. The third-order valence-electron chi connectivity index (χ3n) is 6.32. The van der Waals surface area contributed by atoms with E-state index in [1.165, 1.54) is 6.07 Å². The van der Waals surface area contributed by atoms with Gasteiger partial charge in [-0.05, 0) is 72.3 Å². The van der Waals surface area contributed by atoms with Crippen LogP contribution in [-0.2, 0) is 0 Å². The van der Waals surface area contributed by atoms with Crippen molar-refractivity contribution in [3.63, 3.8) is 0 Å². The van der Waals surface area contributed by atoms with Crippen molar-refractivity contribution in [2.75, 3.05) is 0 Å². The number of nitrogens with zero attached hydrogens (tertiary/aromatic N) is 1. The molecular formula is C42H25NO2. The van der Waals surface area contributed by atoms with E-state index < -0.39 is 4.92 Å². The van der Waals surface area contributed by atoms with Crippen LogP contribution in [-0.4, -0.2) is 4.92 Å². The molecule has 0 aliphatic carbocycles. The number of hydrogen-bond acceptors (Lipinski definition) is 2. The topological polar surface area (TPSA) is 43.1 Å². The van der Waals surface area contributed by atoms with Gasteiger partial charge in [0, 0.05) is 28.3 Å². The highest BCUT2D eigenvalue weighted by Crippen LogP contribution is 2.24. The van der Waals surface area contributed by atoms with Gasteiger partial charge in [0.25, 0.3) is 5.69 Å². The van der Waals surface area contributed by atoms with Crippen LogP contribution in [0.15, 0.2) is 151 Å². The minimum atomic E-state index is -0.402. The molecule has 0 amide bonds. The summed E-state index contributed by atoms with van der Waals surface area (Å²) in [6, 6.07) is 43.3. The van der Waals surface area contributed by atoms with Crippen LogP contribution in [0.5, 0.6) is 0 Å². The molecule has 5 rings (SSSR count). The van der Waals surface area contributed by atoms with Gasteiger partial charge in [-0.2, -0.15) is 0 Å². The van der Waals surface area contributed by atoms with E-state index >= 15 is 0 Å². The maximum Gasteiger partial charge on any atom is 0.277 e. The van der Waals surface area contributed by atoms with Crippen molar-refractivity contribution >= 4 is 17.8 Å². The lowest BCUT2D eigenvalue weighted by Gasteiger charge is -2.01. The minimum Gasteiger partial charge on any atom is -0.258 e. The van der Waals surface area contributed by atoms with Gasteiger partial charge in [-0.3, -0.25) is 10.1 Å². The Morgan fingerprint density at radius 2 is 0.844 bits per heavy atom. The van der Waals surface area contributed by atoms with Crippen molar-refractivity contribution in [2.24, 2.45) is 0 Å². The Hall–Kier alpha value is -6.78. The zero-order chi connectivity index (χ0) is 31.1. The summed E-state index contributed by atoms with van der Waals surface area (Å²) in [6.45, 7) is 0. The van der Waals surface area contributed by atoms with Gasteiger partial charge in [0.15, 0.2) is 0 Å². The van der Waals surface area contributed by atoms with Crippen LogP contribution in [0, 0.1) is 57.5 Å². The molecule has 0 atom stereocenters. The second kappa shape index (κ2) is 15.4. The number of nitro groups is 1. The fraction of sp³-hybridized carbons (Fsp3) is 0. The zero-order valence-electron chi connectivity index (χ0n) is 24.2. The van der Waals surface area contributed by atoms with Gasteiger partial charge in [0.2, 0.25) is 0 Å². The zero-order valence-corrected chi connectivity index (χ0v) is 24.2. The second-order valence-electron chi connectivity index (χ2n) is 9.66. The third-order valence-corrected chi connectivity index (χ3v) is 6.32. The summed E-state index contributed by atoms with van der Waals surface area (Å²) in [6.07, 6.45) is 3.42. The van der Waals surface area contributed by atoms with Crippen molar-refractivity contribution in [2.45, 2.75) is 0 Å². The molecule has 3 nitrogen and oxygen atoms in total. The largest absolute Gasteiger partial charge is 0.277 e. The van der Waals surface area contributed by atoms with E-state index in [2.05, 4.69) is 47.4 Å². The van der Waals surface area contributed by atoms with Crippen LogP contribution >= 0.6 is 0 Å². The Bertz CT molecular complexity index is 2000. The number of benzene rings is 5. The molecule has 0 unspecified atom stereocenters. The van der Waals surface area contributed by atoms with E-state index in [1.54, 1.807) is 24.3 Å². The smallest absolute Gasteiger partial charge is 0.258 e. The summed E-state index contributed by atoms with van der Waals surface area (Å²) in [5, 5.41) is 12.2. The van der Waals surface area contributed by atoms with Gasteiger partial charge in [0.05, 0.1) is 21.6 Å². The molecule has 3 heteroatoms. The normalized spacial score (nSPS) is 9.24. The molecule has 5 aromatic rings. The van der Waals surface area contributed by atoms with Crippen molar-refractivity contribution in [1.82, 2.24) is 0 Å². The maximum atomic E-state index is 12.2. The maximum absolute atomic E-state index is 12.2. The van der Waals surface area contributed by atoms with Gasteiger partial charge < -0.3 is 0 Å².